The summed E-state index contributed by atoms with van der Waals surface area (Å²) in [6, 6.07) is 6.29. The van der Waals surface area contributed by atoms with Gasteiger partial charge in [-0.3, -0.25) is 9.59 Å². The predicted octanol–water partition coefficient (Wildman–Crippen LogP) is 2.23. The van der Waals surface area contributed by atoms with Crippen molar-refractivity contribution in [2.45, 2.75) is 25.7 Å². The quantitative estimate of drug-likeness (QED) is 0.807. The zero-order valence-corrected chi connectivity index (χ0v) is 12.2. The largest absolute Gasteiger partial charge is 0.433 e. The molecule has 0 N–H and O–H groups in total. The Bertz CT molecular complexity index is 815. The average molecular weight is 312 g/mol. The molecule has 7 heteroatoms. The van der Waals surface area contributed by atoms with Gasteiger partial charge >= 0.3 is 5.97 Å². The molecule has 1 saturated carbocycles. The molecule has 2 aliphatic rings. The van der Waals surface area contributed by atoms with Crippen LogP contribution in [0.25, 0.3) is 0 Å². The van der Waals surface area contributed by atoms with Crippen molar-refractivity contribution in [3.05, 3.63) is 52.7 Å². The Kier molecular flexibility index (Phi) is 2.84. The Morgan fingerprint density at radius 2 is 1.83 bits per heavy atom. The van der Waals surface area contributed by atoms with Crippen LogP contribution >= 0.6 is 0 Å². The zero-order chi connectivity index (χ0) is 16.1. The Labute approximate surface area is 130 Å². The number of hydrogen-bond acceptors (Lipinski definition) is 6. The third-order valence-electron chi connectivity index (χ3n) is 3.86. The van der Waals surface area contributed by atoms with Gasteiger partial charge in [-0.15, -0.1) is 0 Å². The second-order valence-electron chi connectivity index (χ2n) is 5.57. The van der Waals surface area contributed by atoms with Crippen LogP contribution in [0.4, 0.5) is 0 Å². The maximum atomic E-state index is 12.2. The van der Waals surface area contributed by atoms with Gasteiger partial charge in [0.1, 0.15) is 0 Å². The zero-order valence-electron chi connectivity index (χ0n) is 12.2. The van der Waals surface area contributed by atoms with Crippen LogP contribution in [0.5, 0.6) is 0 Å². The van der Waals surface area contributed by atoms with Gasteiger partial charge in [-0.25, -0.2) is 9.78 Å². The van der Waals surface area contributed by atoms with Gasteiger partial charge in [-0.05, 0) is 31.9 Å². The third-order valence-corrected chi connectivity index (χ3v) is 3.86. The number of amides is 2. The Hall–Kier alpha value is -2.96. The van der Waals surface area contributed by atoms with Gasteiger partial charge in [0.05, 0.1) is 16.8 Å². The molecule has 0 spiro atoms. The highest BCUT2D eigenvalue weighted by atomic mass is 16.7. The molecule has 2 heterocycles. The monoisotopic (exact) mass is 312 g/mol. The second-order valence-corrected chi connectivity index (χ2v) is 5.57. The van der Waals surface area contributed by atoms with Crippen molar-refractivity contribution < 1.29 is 23.6 Å². The summed E-state index contributed by atoms with van der Waals surface area (Å²) in [5.41, 5.74) is 0.796. The molecule has 0 atom stereocenters. The van der Waals surface area contributed by atoms with Crippen LogP contribution in [-0.2, 0) is 4.84 Å². The fourth-order valence-electron chi connectivity index (χ4n) is 2.49. The van der Waals surface area contributed by atoms with Crippen LogP contribution in [0.2, 0.25) is 0 Å². The van der Waals surface area contributed by atoms with Gasteiger partial charge in [0.25, 0.3) is 11.8 Å². The SMILES string of the molecule is Cc1nc(C2CC2)oc1C(=O)ON1C(=O)c2ccccc2C1=O. The highest BCUT2D eigenvalue weighted by Gasteiger charge is 2.40. The van der Waals surface area contributed by atoms with E-state index in [9.17, 15) is 14.4 Å². The van der Waals surface area contributed by atoms with E-state index < -0.39 is 17.8 Å². The fourth-order valence-corrected chi connectivity index (χ4v) is 2.49. The molecule has 2 aromatic rings. The number of benzene rings is 1. The third kappa shape index (κ3) is 2.12. The number of oxazole rings is 1. The number of aryl methyl sites for hydroxylation is 1. The lowest BCUT2D eigenvalue weighted by molar-refractivity contribution is -0.0604. The molecule has 1 aliphatic heterocycles. The molecule has 1 fully saturated rings. The first-order valence-corrected chi connectivity index (χ1v) is 7.23. The summed E-state index contributed by atoms with van der Waals surface area (Å²) in [6.07, 6.45) is 1.96. The maximum Gasteiger partial charge on any atom is 0.401 e. The minimum atomic E-state index is -0.906. The normalized spacial score (nSPS) is 16.7. The van der Waals surface area contributed by atoms with E-state index in [1.165, 1.54) is 12.1 Å². The molecule has 4 rings (SSSR count). The highest BCUT2D eigenvalue weighted by molar-refractivity contribution is 6.21. The molecule has 1 aromatic heterocycles. The molecule has 7 nitrogen and oxygen atoms in total. The molecule has 0 unspecified atom stereocenters. The molecule has 2 amide bonds. The molecular formula is C16H12N2O5. The summed E-state index contributed by atoms with van der Waals surface area (Å²) in [4.78, 5) is 45.7. The highest BCUT2D eigenvalue weighted by Crippen LogP contribution is 2.40. The first-order valence-electron chi connectivity index (χ1n) is 7.23. The van der Waals surface area contributed by atoms with Crippen molar-refractivity contribution in [2.75, 3.05) is 0 Å². The molecular weight excluding hydrogens is 300 g/mol. The smallest absolute Gasteiger partial charge is 0.401 e. The van der Waals surface area contributed by atoms with Crippen LogP contribution in [-0.4, -0.2) is 27.8 Å². The first kappa shape index (κ1) is 13.7. The summed E-state index contributed by atoms with van der Waals surface area (Å²) in [6.45, 7) is 1.62. The molecule has 0 saturated heterocycles. The van der Waals surface area contributed by atoms with E-state index in [0.29, 0.717) is 16.6 Å². The first-order chi connectivity index (χ1) is 11.1. The number of hydrogen-bond donors (Lipinski definition) is 0. The predicted molar refractivity (Wildman–Crippen MR) is 75.6 cm³/mol. The summed E-state index contributed by atoms with van der Waals surface area (Å²) in [5.74, 6) is -1.58. The van der Waals surface area contributed by atoms with Crippen LogP contribution in [0.1, 0.15) is 61.6 Å². The van der Waals surface area contributed by atoms with E-state index in [1.54, 1.807) is 19.1 Å². The maximum absolute atomic E-state index is 12.2. The average Bonchev–Trinajstić information content (AvgIpc) is 3.29. The van der Waals surface area contributed by atoms with Gasteiger partial charge in [-0.1, -0.05) is 17.2 Å². The molecule has 0 radical (unpaired) electrons. The lowest BCUT2D eigenvalue weighted by Gasteiger charge is -2.11. The topological polar surface area (TPSA) is 89.7 Å². The number of carbonyl (C=O) groups excluding carboxylic acids is 3. The summed E-state index contributed by atoms with van der Waals surface area (Å²) >= 11 is 0. The van der Waals surface area contributed by atoms with Crippen molar-refractivity contribution in [3.8, 4) is 0 Å². The number of fused-ring (bicyclic) bond motifs is 1. The fraction of sp³-hybridized carbons (Fsp3) is 0.250. The van der Waals surface area contributed by atoms with Crippen molar-refractivity contribution in [1.82, 2.24) is 10.0 Å². The van der Waals surface area contributed by atoms with E-state index in [0.717, 1.165) is 12.8 Å². The van der Waals surface area contributed by atoms with E-state index in [4.69, 9.17) is 9.25 Å². The number of imide groups is 1. The standard InChI is InChI=1S/C16H12N2O5/c1-8-12(22-13(17-8)9-6-7-9)16(21)23-18-14(19)10-4-2-3-5-11(10)15(18)20/h2-5,9H,6-7H2,1H3. The van der Waals surface area contributed by atoms with Crippen molar-refractivity contribution in [2.24, 2.45) is 0 Å². The van der Waals surface area contributed by atoms with Crippen LogP contribution in [0.15, 0.2) is 28.7 Å². The van der Waals surface area contributed by atoms with Crippen molar-refractivity contribution >= 4 is 17.8 Å². The summed E-state index contributed by atoms with van der Waals surface area (Å²) in [5, 5.41) is 0.464. The van der Waals surface area contributed by atoms with Crippen LogP contribution in [0.3, 0.4) is 0 Å². The van der Waals surface area contributed by atoms with E-state index in [1.807, 2.05) is 0 Å². The summed E-state index contributed by atoms with van der Waals surface area (Å²) in [7, 11) is 0. The van der Waals surface area contributed by atoms with E-state index >= 15 is 0 Å². The molecule has 1 aromatic carbocycles. The van der Waals surface area contributed by atoms with Crippen molar-refractivity contribution in [3.63, 3.8) is 0 Å². The second kappa shape index (κ2) is 4.77. The summed E-state index contributed by atoms with van der Waals surface area (Å²) < 4.78 is 5.42. The number of aromatic nitrogens is 1. The number of nitrogens with zero attached hydrogens (tertiary/aromatic N) is 2. The van der Waals surface area contributed by atoms with Crippen molar-refractivity contribution in [1.29, 1.82) is 0 Å². The minimum Gasteiger partial charge on any atom is -0.433 e. The Balaban J connectivity index is 1.58. The Morgan fingerprint density at radius 3 is 2.39 bits per heavy atom. The van der Waals surface area contributed by atoms with E-state index in [-0.39, 0.29) is 22.8 Å². The lowest BCUT2D eigenvalue weighted by atomic mass is 10.1. The number of hydroxylamine groups is 2. The minimum absolute atomic E-state index is 0.0801. The van der Waals surface area contributed by atoms with Gasteiger partial charge in [0, 0.05) is 5.92 Å². The molecule has 23 heavy (non-hydrogen) atoms. The molecule has 1 aliphatic carbocycles. The molecule has 0 bridgehead atoms. The van der Waals surface area contributed by atoms with Gasteiger partial charge in [0.15, 0.2) is 5.89 Å². The lowest BCUT2D eigenvalue weighted by Crippen LogP contribution is -2.32. The number of rotatable bonds is 3. The van der Waals surface area contributed by atoms with Crippen LogP contribution < -0.4 is 0 Å². The van der Waals surface area contributed by atoms with Gasteiger partial charge in [0.2, 0.25) is 5.76 Å². The molecule has 116 valence electrons. The van der Waals surface area contributed by atoms with Gasteiger partial charge < -0.3 is 9.25 Å². The Morgan fingerprint density at radius 1 is 1.22 bits per heavy atom. The van der Waals surface area contributed by atoms with E-state index in [2.05, 4.69) is 4.98 Å². The van der Waals surface area contributed by atoms with Gasteiger partial charge in [-0.2, -0.15) is 0 Å². The van der Waals surface area contributed by atoms with Crippen LogP contribution in [0, 0.1) is 6.92 Å². The number of carbonyl (C=O) groups is 3.